The molecular weight excluding hydrogens is 339 g/mol. The molecule has 0 unspecified atom stereocenters. The van der Waals surface area contributed by atoms with E-state index >= 15 is 0 Å². The van der Waals surface area contributed by atoms with Gasteiger partial charge in [-0.05, 0) is 22.0 Å². The molecule has 102 valence electrons. The Bertz CT molecular complexity index is 522. The Morgan fingerprint density at radius 2 is 1.79 bits per heavy atom. The van der Waals surface area contributed by atoms with Crippen molar-refractivity contribution < 1.29 is 14.4 Å². The van der Waals surface area contributed by atoms with Crippen LogP contribution in [0.4, 0.5) is 0 Å². The van der Waals surface area contributed by atoms with Crippen molar-refractivity contribution in [3.8, 4) is 0 Å². The number of pyridine rings is 1. The summed E-state index contributed by atoms with van der Waals surface area (Å²) in [6, 6.07) is 1.42. The predicted octanol–water partition coefficient (Wildman–Crippen LogP) is -0.0897. The van der Waals surface area contributed by atoms with Gasteiger partial charge in [0, 0.05) is 10.7 Å². The third-order valence-corrected chi connectivity index (χ3v) is 2.75. The number of carbonyl (C=O) groups is 3. The summed E-state index contributed by atoms with van der Waals surface area (Å²) in [5, 5.41) is -0.0489. The summed E-state index contributed by atoms with van der Waals surface area (Å²) in [4.78, 5) is 38.6. The minimum absolute atomic E-state index is 0.0403. The number of amides is 3. The van der Waals surface area contributed by atoms with Crippen LogP contribution in [-0.4, -0.2) is 40.7 Å². The Morgan fingerprint density at radius 1 is 1.26 bits per heavy atom. The zero-order valence-corrected chi connectivity index (χ0v) is 11.9. The van der Waals surface area contributed by atoms with Gasteiger partial charge in [0.25, 0.3) is 5.91 Å². The van der Waals surface area contributed by atoms with Crippen molar-refractivity contribution in [2.75, 3.05) is 13.1 Å². The molecule has 0 aromatic carbocycles. The maximum atomic E-state index is 12.2. The first kappa shape index (κ1) is 15.4. The van der Waals surface area contributed by atoms with Crippen molar-refractivity contribution >= 4 is 45.3 Å². The van der Waals surface area contributed by atoms with Gasteiger partial charge in [0.05, 0.1) is 5.56 Å². The van der Waals surface area contributed by atoms with E-state index in [-0.39, 0.29) is 10.7 Å². The lowest BCUT2D eigenvalue weighted by Gasteiger charge is -2.19. The molecule has 0 atom stereocenters. The molecule has 0 fully saturated rings. The molecule has 4 N–H and O–H groups in total. The molecule has 0 bridgehead atoms. The molecule has 3 amide bonds. The van der Waals surface area contributed by atoms with E-state index in [9.17, 15) is 14.4 Å². The van der Waals surface area contributed by atoms with Crippen LogP contribution in [0.25, 0.3) is 0 Å². The van der Waals surface area contributed by atoms with Crippen molar-refractivity contribution in [1.82, 2.24) is 9.88 Å². The Balaban J connectivity index is 3.07. The van der Waals surface area contributed by atoms with E-state index in [0.29, 0.717) is 4.47 Å². The van der Waals surface area contributed by atoms with Crippen LogP contribution in [0.15, 0.2) is 16.7 Å². The summed E-state index contributed by atoms with van der Waals surface area (Å²) in [6.07, 6.45) is 1.41. The molecule has 0 saturated heterocycles. The fraction of sp³-hybridized carbons (Fsp3) is 0.200. The molecule has 1 heterocycles. The van der Waals surface area contributed by atoms with Crippen molar-refractivity contribution in [1.29, 1.82) is 0 Å². The Kier molecular flexibility index (Phi) is 5.25. The minimum Gasteiger partial charge on any atom is -0.368 e. The van der Waals surface area contributed by atoms with Gasteiger partial charge in [-0.25, -0.2) is 4.98 Å². The highest BCUT2D eigenvalue weighted by atomic mass is 79.9. The molecule has 0 spiro atoms. The average Bonchev–Trinajstić information content (AvgIpc) is 2.29. The topological polar surface area (TPSA) is 119 Å². The number of aromatic nitrogens is 1. The molecule has 9 heteroatoms. The number of halogens is 2. The lowest BCUT2D eigenvalue weighted by Crippen LogP contribution is -2.43. The molecule has 7 nitrogen and oxygen atoms in total. The first-order chi connectivity index (χ1) is 8.81. The van der Waals surface area contributed by atoms with Crippen LogP contribution in [0, 0.1) is 0 Å². The number of primary amides is 2. The third-order valence-electron chi connectivity index (χ3n) is 2.02. The molecule has 0 aliphatic rings. The van der Waals surface area contributed by atoms with Crippen molar-refractivity contribution in [2.24, 2.45) is 11.5 Å². The van der Waals surface area contributed by atoms with Gasteiger partial charge < -0.3 is 16.4 Å². The molecule has 19 heavy (non-hydrogen) atoms. The number of hydrogen-bond acceptors (Lipinski definition) is 4. The first-order valence-corrected chi connectivity index (χ1v) is 6.15. The Morgan fingerprint density at radius 3 is 2.26 bits per heavy atom. The summed E-state index contributed by atoms with van der Waals surface area (Å²) >= 11 is 8.94. The van der Waals surface area contributed by atoms with Gasteiger partial charge in [0.1, 0.15) is 18.2 Å². The van der Waals surface area contributed by atoms with Gasteiger partial charge >= 0.3 is 0 Å². The molecule has 0 aliphatic heterocycles. The van der Waals surface area contributed by atoms with Gasteiger partial charge in [-0.1, -0.05) is 11.6 Å². The van der Waals surface area contributed by atoms with E-state index in [1.807, 2.05) is 0 Å². The molecule has 0 aliphatic carbocycles. The molecule has 0 radical (unpaired) electrons. The van der Waals surface area contributed by atoms with Gasteiger partial charge in [0.15, 0.2) is 0 Å². The summed E-state index contributed by atoms with van der Waals surface area (Å²) in [7, 11) is 0. The summed E-state index contributed by atoms with van der Waals surface area (Å²) in [5.41, 5.74) is 10.1. The Hall–Kier alpha value is -1.67. The van der Waals surface area contributed by atoms with Crippen LogP contribution in [0.5, 0.6) is 0 Å². The second kappa shape index (κ2) is 6.48. The molecule has 1 aromatic rings. The average molecular weight is 350 g/mol. The van der Waals surface area contributed by atoms with Crippen LogP contribution < -0.4 is 11.5 Å². The van der Waals surface area contributed by atoms with E-state index in [1.54, 1.807) is 0 Å². The van der Waals surface area contributed by atoms with Gasteiger partial charge in [0.2, 0.25) is 11.8 Å². The third kappa shape index (κ3) is 4.49. The van der Waals surface area contributed by atoms with Gasteiger partial charge in [-0.15, -0.1) is 0 Å². The summed E-state index contributed by atoms with van der Waals surface area (Å²) in [5.74, 6) is -2.20. The van der Waals surface area contributed by atoms with Crippen molar-refractivity contribution in [3.63, 3.8) is 0 Å². The number of nitrogens with two attached hydrogens (primary N) is 2. The molecule has 0 saturated carbocycles. The lowest BCUT2D eigenvalue weighted by atomic mass is 10.2. The van der Waals surface area contributed by atoms with E-state index in [1.165, 1.54) is 12.3 Å². The first-order valence-electron chi connectivity index (χ1n) is 4.98. The largest absolute Gasteiger partial charge is 0.368 e. The number of carbonyl (C=O) groups excluding carboxylic acids is 3. The van der Waals surface area contributed by atoms with Crippen molar-refractivity contribution in [3.05, 3.63) is 27.5 Å². The zero-order valence-electron chi connectivity index (χ0n) is 9.60. The van der Waals surface area contributed by atoms with E-state index in [4.69, 9.17) is 23.1 Å². The molecular formula is C10H10BrClN4O3. The quantitative estimate of drug-likeness (QED) is 0.722. The normalized spacial score (nSPS) is 10.0. The van der Waals surface area contributed by atoms with E-state index in [2.05, 4.69) is 20.9 Å². The van der Waals surface area contributed by atoms with Crippen LogP contribution in [-0.2, 0) is 9.59 Å². The molecule has 1 rings (SSSR count). The number of rotatable bonds is 5. The SMILES string of the molecule is NC(=O)CN(CC(N)=O)C(=O)c1cc(Br)cnc1Cl. The highest BCUT2D eigenvalue weighted by Crippen LogP contribution is 2.19. The van der Waals surface area contributed by atoms with E-state index < -0.39 is 30.8 Å². The zero-order chi connectivity index (χ0) is 14.6. The molecule has 1 aromatic heterocycles. The highest BCUT2D eigenvalue weighted by molar-refractivity contribution is 9.10. The number of nitrogens with zero attached hydrogens (tertiary/aromatic N) is 2. The second-order valence-electron chi connectivity index (χ2n) is 3.59. The maximum absolute atomic E-state index is 12.2. The van der Waals surface area contributed by atoms with Crippen LogP contribution in [0.3, 0.4) is 0 Å². The fourth-order valence-corrected chi connectivity index (χ4v) is 1.83. The highest BCUT2D eigenvalue weighted by Gasteiger charge is 2.22. The predicted molar refractivity (Wildman–Crippen MR) is 71.2 cm³/mol. The minimum atomic E-state index is -0.770. The van der Waals surface area contributed by atoms with Crippen LogP contribution >= 0.6 is 27.5 Å². The van der Waals surface area contributed by atoms with Crippen LogP contribution in [0.2, 0.25) is 5.15 Å². The van der Waals surface area contributed by atoms with Gasteiger partial charge in [-0.2, -0.15) is 0 Å². The standard InChI is InChI=1S/C10H10BrClN4O3/c11-5-1-6(9(12)15-2-5)10(19)16(3-7(13)17)4-8(14)18/h1-2H,3-4H2,(H2,13,17)(H2,14,18). The van der Waals surface area contributed by atoms with E-state index in [0.717, 1.165) is 4.90 Å². The maximum Gasteiger partial charge on any atom is 0.257 e. The Labute approximate surface area is 122 Å². The van der Waals surface area contributed by atoms with Gasteiger partial charge in [-0.3, -0.25) is 14.4 Å². The number of hydrogen-bond donors (Lipinski definition) is 2. The summed E-state index contributed by atoms with van der Waals surface area (Å²) in [6.45, 7) is -0.880. The lowest BCUT2D eigenvalue weighted by molar-refractivity contribution is -0.121. The summed E-state index contributed by atoms with van der Waals surface area (Å²) < 4.78 is 0.526. The second-order valence-corrected chi connectivity index (χ2v) is 4.86. The van der Waals surface area contributed by atoms with Crippen molar-refractivity contribution in [2.45, 2.75) is 0 Å². The monoisotopic (exact) mass is 348 g/mol. The van der Waals surface area contributed by atoms with Crippen LogP contribution in [0.1, 0.15) is 10.4 Å². The fourth-order valence-electron chi connectivity index (χ4n) is 1.32. The smallest absolute Gasteiger partial charge is 0.257 e.